The van der Waals surface area contributed by atoms with Gasteiger partial charge in [0.25, 0.3) is 0 Å². The summed E-state index contributed by atoms with van der Waals surface area (Å²) in [6, 6.07) is 36.9. The number of para-hydroxylation sites is 3. The third kappa shape index (κ3) is 5.21. The number of nitrogens with zero attached hydrogens (tertiary/aromatic N) is 4. The maximum Gasteiger partial charge on any atom is 0.166 e. The van der Waals surface area contributed by atoms with Gasteiger partial charge in [-0.25, -0.2) is 15.0 Å². The Morgan fingerprint density at radius 3 is 1.86 bits per heavy atom. The van der Waals surface area contributed by atoms with Gasteiger partial charge in [0.15, 0.2) is 17.5 Å². The van der Waals surface area contributed by atoms with Crippen LogP contribution in [-0.2, 0) is 0 Å². The fraction of sp³-hybridized carbons (Fsp3) is 0. The van der Waals surface area contributed by atoms with Crippen molar-refractivity contribution in [1.29, 1.82) is 0 Å². The molecule has 3 heterocycles. The average molecular weight is 727 g/mol. The lowest BCUT2D eigenvalue weighted by atomic mass is 9.95. The highest BCUT2D eigenvalue weighted by atomic mass is 16.3. The first-order valence-corrected chi connectivity index (χ1v) is 18.0. The lowest BCUT2D eigenvalue weighted by Gasteiger charge is -2.13. The highest BCUT2D eigenvalue weighted by molar-refractivity contribution is 6.17. The molecular weight excluding hydrogens is 685 g/mol. The highest BCUT2D eigenvalue weighted by Crippen LogP contribution is 2.43. The Bertz CT molecular complexity index is 3780. The Labute approximate surface area is 336 Å². The van der Waals surface area contributed by atoms with Crippen LogP contribution in [0.2, 0.25) is 0 Å². The summed E-state index contributed by atoms with van der Waals surface area (Å²) >= 11 is 0. The van der Waals surface area contributed by atoms with E-state index in [4.69, 9.17) is 33.1 Å². The molecule has 0 unspecified atom stereocenters. The largest absolute Gasteiger partial charge is 0.455 e. The second-order valence-electron chi connectivity index (χ2n) is 13.2. The molecule has 0 bridgehead atoms. The van der Waals surface area contributed by atoms with Crippen molar-refractivity contribution in [1.82, 2.24) is 19.5 Å². The molecule has 0 aliphatic carbocycles. The normalized spacial score (nSPS) is 14.1. The van der Waals surface area contributed by atoms with Gasteiger partial charge in [0.1, 0.15) is 11.2 Å². The van der Waals surface area contributed by atoms with Crippen LogP contribution in [0.25, 0.3) is 106 Å². The van der Waals surface area contributed by atoms with E-state index in [1.54, 1.807) is 18.2 Å². The summed E-state index contributed by atoms with van der Waals surface area (Å²) in [5, 5.41) is 2.89. The second-order valence-corrected chi connectivity index (χ2v) is 13.2. The number of hydrogen-bond donors (Lipinski definition) is 0. The first-order chi connectivity index (χ1) is 31.9. The van der Waals surface area contributed by atoms with Crippen molar-refractivity contribution < 1.29 is 18.1 Å². The van der Waals surface area contributed by atoms with Crippen LogP contribution in [0.1, 0.15) is 13.7 Å². The predicted molar refractivity (Wildman–Crippen MR) is 229 cm³/mol. The topological polar surface area (TPSA) is 56.7 Å². The van der Waals surface area contributed by atoms with Crippen LogP contribution in [0.3, 0.4) is 0 Å². The Morgan fingerprint density at radius 2 is 1.07 bits per heavy atom. The van der Waals surface area contributed by atoms with Crippen molar-refractivity contribution >= 4 is 43.7 Å². The van der Waals surface area contributed by atoms with E-state index in [0.717, 1.165) is 38.6 Å². The molecule has 5 nitrogen and oxygen atoms in total. The standard InChI is InChI=1S/C51H32N4O/c1-5-17-33(18-6-1)36-31-42(34-19-7-2-8-20-34)48-43(32-36)46-40(27-16-30-45(46)56-48)50-52-49(35-21-9-3-10-22-35)53-51(54-50)41-28-15-26-39-38-25-13-14-29-44(38)55(47(39)41)37-23-11-4-12-24-37/h1-32H/i1D,2D,5D,6D,7D,8D,17D,18D,19D,20D. The minimum Gasteiger partial charge on any atom is -0.455 e. The zero-order chi connectivity index (χ0) is 45.7. The number of furan rings is 1. The molecule has 262 valence electrons. The van der Waals surface area contributed by atoms with E-state index in [-0.39, 0.29) is 33.7 Å². The molecule has 0 saturated carbocycles. The van der Waals surface area contributed by atoms with E-state index < -0.39 is 60.4 Å². The molecule has 11 aromatic rings. The highest BCUT2D eigenvalue weighted by Gasteiger charge is 2.23. The molecule has 11 rings (SSSR count). The number of fused-ring (bicyclic) bond motifs is 6. The zero-order valence-corrected chi connectivity index (χ0v) is 29.4. The summed E-state index contributed by atoms with van der Waals surface area (Å²) in [5.74, 6) is 1.04. The molecule has 56 heavy (non-hydrogen) atoms. The van der Waals surface area contributed by atoms with E-state index in [2.05, 4.69) is 34.9 Å². The fourth-order valence-corrected chi connectivity index (χ4v) is 7.60. The maximum atomic E-state index is 8.99. The summed E-state index contributed by atoms with van der Waals surface area (Å²) < 4.78 is 95.4. The van der Waals surface area contributed by atoms with E-state index in [0.29, 0.717) is 33.6 Å². The molecule has 0 spiro atoms. The Morgan fingerprint density at radius 1 is 0.446 bits per heavy atom. The SMILES string of the molecule is [2H]c1c([2H])c([2H])c(-c2cc(-c3c([2H])c([2H])c([2H])c([2H])c3[2H])c3oc4cccc(-c5nc(-c6ccccc6)nc(-c6cccc7c8ccccc8n(-c8ccccc8)c67)n5)c4c3c2)c([2H])c1[2H]. The molecule has 0 N–H and O–H groups in total. The van der Waals surface area contributed by atoms with Crippen LogP contribution in [-0.4, -0.2) is 19.5 Å². The molecule has 3 aromatic heterocycles. The van der Waals surface area contributed by atoms with Crippen molar-refractivity contribution in [2.24, 2.45) is 0 Å². The van der Waals surface area contributed by atoms with Gasteiger partial charge in [0.05, 0.1) is 24.7 Å². The third-order valence-electron chi connectivity index (χ3n) is 10.0. The smallest absolute Gasteiger partial charge is 0.166 e. The van der Waals surface area contributed by atoms with E-state index >= 15 is 0 Å². The summed E-state index contributed by atoms with van der Waals surface area (Å²) in [7, 11) is 0. The summed E-state index contributed by atoms with van der Waals surface area (Å²) in [6.45, 7) is 0. The van der Waals surface area contributed by atoms with Crippen molar-refractivity contribution in [3.05, 3.63) is 194 Å². The first kappa shape index (κ1) is 23.2. The van der Waals surface area contributed by atoms with Crippen LogP contribution in [0.15, 0.2) is 198 Å². The maximum absolute atomic E-state index is 8.99. The van der Waals surface area contributed by atoms with Crippen LogP contribution >= 0.6 is 0 Å². The Hall–Kier alpha value is -7.63. The summed E-state index contributed by atoms with van der Waals surface area (Å²) in [6.07, 6.45) is 0. The molecular formula is C51H32N4O. The van der Waals surface area contributed by atoms with Crippen molar-refractivity contribution in [2.45, 2.75) is 0 Å². The van der Waals surface area contributed by atoms with E-state index in [1.165, 1.54) is 6.07 Å². The molecule has 8 aromatic carbocycles. The molecule has 0 radical (unpaired) electrons. The van der Waals surface area contributed by atoms with Gasteiger partial charge in [0.2, 0.25) is 0 Å². The number of aromatic nitrogens is 4. The van der Waals surface area contributed by atoms with Crippen LogP contribution in [0, 0.1) is 0 Å². The van der Waals surface area contributed by atoms with Crippen LogP contribution in [0.5, 0.6) is 0 Å². The monoisotopic (exact) mass is 726 g/mol. The minimum atomic E-state index is -0.585. The number of benzene rings is 8. The Balaban J connectivity index is 1.25. The van der Waals surface area contributed by atoms with Gasteiger partial charge in [-0.1, -0.05) is 151 Å². The van der Waals surface area contributed by atoms with Gasteiger partial charge >= 0.3 is 0 Å². The van der Waals surface area contributed by atoms with Gasteiger partial charge in [-0.15, -0.1) is 0 Å². The summed E-state index contributed by atoms with van der Waals surface area (Å²) in [4.78, 5) is 15.5. The van der Waals surface area contributed by atoms with Gasteiger partial charge < -0.3 is 8.98 Å². The Kier molecular flexibility index (Phi) is 5.41. The van der Waals surface area contributed by atoms with Gasteiger partial charge in [0, 0.05) is 49.5 Å². The number of hydrogen-bond acceptors (Lipinski definition) is 4. The second kappa shape index (κ2) is 13.0. The van der Waals surface area contributed by atoms with Crippen LogP contribution in [0.4, 0.5) is 0 Å². The molecule has 0 fully saturated rings. The molecule has 5 heteroatoms. The van der Waals surface area contributed by atoms with E-state index in [9.17, 15) is 0 Å². The minimum absolute atomic E-state index is 0.0650. The van der Waals surface area contributed by atoms with E-state index in [1.807, 2.05) is 78.9 Å². The molecule has 0 aliphatic heterocycles. The fourth-order valence-electron chi connectivity index (χ4n) is 7.60. The van der Waals surface area contributed by atoms with Crippen LogP contribution < -0.4 is 0 Å². The molecule has 0 atom stereocenters. The quantitative estimate of drug-likeness (QED) is 0.171. The average Bonchev–Trinajstić information content (AvgIpc) is 3.91. The van der Waals surface area contributed by atoms with Crippen molar-refractivity contribution in [2.75, 3.05) is 0 Å². The molecule has 0 amide bonds. The van der Waals surface area contributed by atoms with Crippen molar-refractivity contribution in [3.8, 4) is 62.1 Å². The lowest BCUT2D eigenvalue weighted by molar-refractivity contribution is 0.670. The predicted octanol–water partition coefficient (Wildman–Crippen LogP) is 13.2. The summed E-state index contributed by atoms with van der Waals surface area (Å²) in [5.41, 5.74) is 5.17. The third-order valence-corrected chi connectivity index (χ3v) is 10.0. The van der Waals surface area contributed by atoms with Gasteiger partial charge in [-0.3, -0.25) is 0 Å². The first-order valence-electron chi connectivity index (χ1n) is 23.0. The number of rotatable bonds is 6. The molecule has 0 aliphatic rings. The lowest BCUT2D eigenvalue weighted by Crippen LogP contribution is -2.02. The molecule has 0 saturated heterocycles. The van der Waals surface area contributed by atoms with Crippen molar-refractivity contribution in [3.63, 3.8) is 0 Å². The zero-order valence-electron chi connectivity index (χ0n) is 39.4. The van der Waals surface area contributed by atoms with Gasteiger partial charge in [-0.2, -0.15) is 0 Å². The van der Waals surface area contributed by atoms with Gasteiger partial charge in [-0.05, 0) is 59.2 Å².